The van der Waals surface area contributed by atoms with Crippen molar-refractivity contribution in [1.82, 2.24) is 0 Å². The van der Waals surface area contributed by atoms with Crippen molar-refractivity contribution in [2.24, 2.45) is 0 Å². The van der Waals surface area contributed by atoms with Crippen molar-refractivity contribution >= 4 is 90.9 Å². The Morgan fingerprint density at radius 2 is 1.14 bits per heavy atom. The minimum atomic E-state index is -4.50. The molecule has 0 saturated carbocycles. The standard InChI is InChI=1S/C10H10O8S2.2Na/c11-9(5-19(13,14)15)7-2-1-3-8(4-7)10(12)6-20(16,17)18;;/h1-4H,5-6H2,(H,13,14,15)(H,16,17,18);;. The molecule has 22 heavy (non-hydrogen) atoms. The maximum atomic E-state index is 11.5. The minimum absolute atomic E-state index is 0. The first-order valence-electron chi connectivity index (χ1n) is 5.05. The Balaban J connectivity index is 0. The van der Waals surface area contributed by atoms with Gasteiger partial charge in [0.2, 0.25) is 0 Å². The smallest absolute Gasteiger partial charge is 0.272 e. The van der Waals surface area contributed by atoms with E-state index in [1.165, 1.54) is 18.2 Å². The number of carbonyl (C=O) groups is 2. The van der Waals surface area contributed by atoms with Crippen LogP contribution in [0.2, 0.25) is 0 Å². The third-order valence-electron chi connectivity index (χ3n) is 2.13. The first-order valence-corrected chi connectivity index (χ1v) is 8.26. The van der Waals surface area contributed by atoms with E-state index in [0.29, 0.717) is 0 Å². The molecule has 12 heteroatoms. The Morgan fingerprint density at radius 3 is 1.41 bits per heavy atom. The van der Waals surface area contributed by atoms with E-state index in [1.807, 2.05) is 0 Å². The van der Waals surface area contributed by atoms with Crippen LogP contribution in [0, 0.1) is 0 Å². The van der Waals surface area contributed by atoms with Crippen molar-refractivity contribution in [3.8, 4) is 0 Å². The number of benzene rings is 1. The van der Waals surface area contributed by atoms with Gasteiger partial charge in [0.15, 0.2) is 11.6 Å². The number of carbonyl (C=O) groups excluding carboxylic acids is 2. The largest absolute Gasteiger partial charge is 0.293 e. The van der Waals surface area contributed by atoms with Gasteiger partial charge in [0, 0.05) is 70.2 Å². The van der Waals surface area contributed by atoms with Crippen molar-refractivity contribution in [2.45, 2.75) is 0 Å². The van der Waals surface area contributed by atoms with Crippen LogP contribution in [0.3, 0.4) is 0 Å². The van der Waals surface area contributed by atoms with E-state index >= 15 is 0 Å². The normalized spacial score (nSPS) is 11.0. The summed E-state index contributed by atoms with van der Waals surface area (Å²) in [5.74, 6) is -4.20. The zero-order valence-electron chi connectivity index (χ0n) is 11.9. The van der Waals surface area contributed by atoms with Crippen LogP contribution < -0.4 is 0 Å². The molecule has 0 spiro atoms. The van der Waals surface area contributed by atoms with Crippen LogP contribution in [0.4, 0.5) is 0 Å². The molecule has 0 amide bonds. The summed E-state index contributed by atoms with van der Waals surface area (Å²) in [4.78, 5) is 23.0. The molecular weight excluding hydrogens is 358 g/mol. The summed E-state index contributed by atoms with van der Waals surface area (Å²) in [6, 6.07) is 4.64. The monoisotopic (exact) mass is 368 g/mol. The van der Waals surface area contributed by atoms with Gasteiger partial charge in [0.25, 0.3) is 20.2 Å². The summed E-state index contributed by atoms with van der Waals surface area (Å²) in [5, 5.41) is 0. The molecule has 0 saturated heterocycles. The zero-order valence-corrected chi connectivity index (χ0v) is 17.5. The zero-order chi connectivity index (χ0) is 15.6. The Labute approximate surface area is 171 Å². The summed E-state index contributed by atoms with van der Waals surface area (Å²) < 4.78 is 59.4. The number of hydrogen-bond donors (Lipinski definition) is 2. The Morgan fingerprint density at radius 1 is 0.818 bits per heavy atom. The van der Waals surface area contributed by atoms with Gasteiger partial charge in [0.05, 0.1) is 0 Å². The molecule has 2 radical (unpaired) electrons. The molecule has 112 valence electrons. The third-order valence-corrected chi connectivity index (χ3v) is 3.39. The van der Waals surface area contributed by atoms with E-state index in [0.717, 1.165) is 6.07 Å². The van der Waals surface area contributed by atoms with E-state index < -0.39 is 43.3 Å². The molecule has 0 atom stereocenters. The quantitative estimate of drug-likeness (QED) is 0.372. The minimum Gasteiger partial charge on any atom is -0.293 e. The van der Waals surface area contributed by atoms with E-state index in [1.54, 1.807) is 0 Å². The molecule has 1 aromatic carbocycles. The van der Waals surface area contributed by atoms with Crippen molar-refractivity contribution in [3.63, 3.8) is 0 Å². The summed E-state index contributed by atoms with van der Waals surface area (Å²) in [6.45, 7) is 0. The molecule has 0 aromatic heterocycles. The molecule has 0 aliphatic rings. The molecular formula is C10H10Na2O8S2. The van der Waals surface area contributed by atoms with Crippen molar-refractivity contribution < 1.29 is 35.5 Å². The second-order valence-electron chi connectivity index (χ2n) is 3.88. The molecule has 0 aliphatic carbocycles. The van der Waals surface area contributed by atoms with E-state index in [9.17, 15) is 26.4 Å². The summed E-state index contributed by atoms with van der Waals surface area (Å²) in [5.41, 5.74) is -0.354. The first kappa shape index (κ1) is 24.6. The molecule has 1 aromatic rings. The van der Waals surface area contributed by atoms with Crippen molar-refractivity contribution in [1.29, 1.82) is 0 Å². The molecule has 0 heterocycles. The Bertz CT molecular complexity index is 694. The molecule has 2 N–H and O–H groups in total. The number of hydrogen-bond acceptors (Lipinski definition) is 6. The molecule has 0 fully saturated rings. The van der Waals surface area contributed by atoms with Crippen LogP contribution in [0.5, 0.6) is 0 Å². The van der Waals surface area contributed by atoms with Gasteiger partial charge in [-0.3, -0.25) is 18.7 Å². The Hall–Kier alpha value is 0.380. The van der Waals surface area contributed by atoms with Gasteiger partial charge < -0.3 is 0 Å². The average molecular weight is 368 g/mol. The second-order valence-corrected chi connectivity index (χ2v) is 6.78. The number of Topliss-reactive ketones (excluding diaryl/α,β-unsaturated/α-hetero) is 2. The van der Waals surface area contributed by atoms with Crippen LogP contribution in [0.1, 0.15) is 20.7 Å². The maximum Gasteiger partial charge on any atom is 0.272 e. The van der Waals surface area contributed by atoms with E-state index in [4.69, 9.17) is 9.11 Å². The van der Waals surface area contributed by atoms with Gasteiger partial charge in [-0.2, -0.15) is 16.8 Å². The van der Waals surface area contributed by atoms with Crippen LogP contribution >= 0.6 is 0 Å². The maximum absolute atomic E-state index is 11.5. The fraction of sp³-hybridized carbons (Fsp3) is 0.200. The van der Waals surface area contributed by atoms with E-state index in [-0.39, 0.29) is 70.2 Å². The SMILES string of the molecule is O=C(CS(=O)(=O)O)c1cccc(C(=O)CS(=O)(=O)O)c1.[Na].[Na]. The molecule has 0 aliphatic heterocycles. The summed E-state index contributed by atoms with van der Waals surface area (Å²) in [7, 11) is -9.01. The van der Waals surface area contributed by atoms with Gasteiger partial charge in [0.1, 0.15) is 11.5 Å². The second kappa shape index (κ2) is 9.62. The van der Waals surface area contributed by atoms with Gasteiger partial charge in [-0.25, -0.2) is 0 Å². The predicted octanol–water partition coefficient (Wildman–Crippen LogP) is -0.934. The molecule has 8 nitrogen and oxygen atoms in total. The first-order chi connectivity index (χ1) is 8.98. The van der Waals surface area contributed by atoms with Crippen LogP contribution in [-0.4, -0.2) is 108 Å². The number of ketones is 2. The van der Waals surface area contributed by atoms with Gasteiger partial charge in [-0.05, 0) is 6.07 Å². The van der Waals surface area contributed by atoms with E-state index in [2.05, 4.69) is 0 Å². The average Bonchev–Trinajstić information content (AvgIpc) is 2.24. The summed E-state index contributed by atoms with van der Waals surface area (Å²) >= 11 is 0. The van der Waals surface area contributed by atoms with Crippen LogP contribution in [0.15, 0.2) is 24.3 Å². The fourth-order valence-electron chi connectivity index (χ4n) is 1.36. The topological polar surface area (TPSA) is 143 Å². The van der Waals surface area contributed by atoms with Crippen LogP contribution in [0.25, 0.3) is 0 Å². The molecule has 0 bridgehead atoms. The van der Waals surface area contributed by atoms with Crippen LogP contribution in [-0.2, 0) is 20.2 Å². The predicted molar refractivity (Wildman–Crippen MR) is 79.4 cm³/mol. The third kappa shape index (κ3) is 9.50. The molecule has 1 rings (SSSR count). The van der Waals surface area contributed by atoms with Crippen molar-refractivity contribution in [3.05, 3.63) is 35.4 Å². The Kier molecular flexibility index (Phi) is 10.8. The van der Waals surface area contributed by atoms with Gasteiger partial charge in [-0.15, -0.1) is 0 Å². The fourth-order valence-corrected chi connectivity index (χ4v) is 2.36. The number of rotatable bonds is 6. The molecule has 0 unspecified atom stereocenters. The summed E-state index contributed by atoms with van der Waals surface area (Å²) in [6.07, 6.45) is 0. The van der Waals surface area contributed by atoms with Gasteiger partial charge in [-0.1, -0.05) is 18.2 Å². The van der Waals surface area contributed by atoms with Crippen molar-refractivity contribution in [2.75, 3.05) is 11.5 Å². The van der Waals surface area contributed by atoms with Gasteiger partial charge >= 0.3 is 0 Å².